The van der Waals surface area contributed by atoms with E-state index in [9.17, 15) is 30.0 Å². The number of carbonyl (C=O) groups excluding carboxylic acids is 2. The van der Waals surface area contributed by atoms with Crippen molar-refractivity contribution in [2.24, 2.45) is 34.0 Å². The Morgan fingerprint density at radius 3 is 2.17 bits per heavy atom. The van der Waals surface area contributed by atoms with Crippen molar-refractivity contribution >= 4 is 11.9 Å². The molecule has 1 heterocycles. The number of rotatable bonds is 4. The predicted octanol–water partition coefficient (Wildman–Crippen LogP) is 1.49. The van der Waals surface area contributed by atoms with Crippen LogP contribution < -0.4 is 0 Å². The normalized spacial score (nSPS) is 53.0. The third kappa shape index (κ3) is 2.86. The molecule has 6 aliphatic rings. The molecule has 5 aliphatic carbocycles. The van der Waals surface area contributed by atoms with Crippen molar-refractivity contribution in [3.63, 3.8) is 0 Å². The zero-order valence-corrected chi connectivity index (χ0v) is 24.3. The molecule has 13 unspecified atom stereocenters. The molecule has 0 aromatic rings. The second kappa shape index (κ2) is 8.51. The van der Waals surface area contributed by atoms with Gasteiger partial charge in [0.25, 0.3) is 0 Å². The van der Waals surface area contributed by atoms with E-state index >= 15 is 0 Å². The van der Waals surface area contributed by atoms with Gasteiger partial charge in [0.1, 0.15) is 17.8 Å². The Hall–Kier alpha value is -2.04. The van der Waals surface area contributed by atoms with Crippen molar-refractivity contribution in [1.29, 1.82) is 0 Å². The van der Waals surface area contributed by atoms with E-state index in [0.29, 0.717) is 17.6 Å². The highest BCUT2D eigenvalue weighted by Crippen LogP contribution is 2.84. The summed E-state index contributed by atoms with van der Waals surface area (Å²) < 4.78 is 12.5. The van der Waals surface area contributed by atoms with Gasteiger partial charge in [0.05, 0.1) is 18.3 Å². The number of ether oxygens (including phenoxy) is 2. The van der Waals surface area contributed by atoms with Gasteiger partial charge < -0.3 is 34.8 Å². The molecular weight excluding hydrogens is 514 g/mol. The van der Waals surface area contributed by atoms with Gasteiger partial charge in [-0.3, -0.25) is 0 Å². The summed E-state index contributed by atoms with van der Waals surface area (Å²) >= 11 is 0. The number of hydrogen-bond donors (Lipinski definition) is 4. The van der Waals surface area contributed by atoms with Gasteiger partial charge in [-0.15, -0.1) is 0 Å². The number of allylic oxidation sites excluding steroid dienone is 2. The second-order valence-electron chi connectivity index (χ2n) is 13.8. The van der Waals surface area contributed by atoms with Crippen LogP contribution in [0.15, 0.2) is 35.5 Å². The largest absolute Gasteiger partial charge is 0.455 e. The number of likely N-dealkylation sites (tertiary alicyclic amines) is 1. The zero-order chi connectivity index (χ0) is 29.3. The lowest BCUT2D eigenvalue weighted by Crippen LogP contribution is -2.85. The maximum atomic E-state index is 13.4. The van der Waals surface area contributed by atoms with Gasteiger partial charge in [0.15, 0.2) is 0 Å². The lowest BCUT2D eigenvalue weighted by Gasteiger charge is -2.73. The van der Waals surface area contributed by atoms with E-state index in [1.54, 1.807) is 46.8 Å². The smallest absolute Gasteiger partial charge is 0.333 e. The second-order valence-corrected chi connectivity index (χ2v) is 13.8. The molecule has 0 amide bonds. The van der Waals surface area contributed by atoms with Gasteiger partial charge in [-0.25, -0.2) is 9.59 Å². The molecule has 0 aromatic heterocycles. The Labute approximate surface area is 235 Å². The van der Waals surface area contributed by atoms with Crippen LogP contribution in [0.5, 0.6) is 0 Å². The molecule has 40 heavy (non-hydrogen) atoms. The molecule has 1 aliphatic heterocycles. The van der Waals surface area contributed by atoms with Gasteiger partial charge in [-0.1, -0.05) is 31.2 Å². The Balaban J connectivity index is 1.62. The van der Waals surface area contributed by atoms with Crippen molar-refractivity contribution in [1.82, 2.24) is 4.90 Å². The van der Waals surface area contributed by atoms with Crippen LogP contribution >= 0.6 is 0 Å². The Kier molecular flexibility index (Phi) is 5.97. The van der Waals surface area contributed by atoms with E-state index < -0.39 is 70.2 Å². The number of aliphatic hydroxyl groups excluding tert-OH is 3. The number of nitrogens with zero attached hydrogens (tertiary/aromatic N) is 1. The van der Waals surface area contributed by atoms with Crippen LogP contribution in [-0.4, -0.2) is 93.0 Å². The molecule has 4 N–H and O–H groups in total. The van der Waals surface area contributed by atoms with E-state index in [-0.39, 0.29) is 37.3 Å². The Morgan fingerprint density at radius 2 is 1.60 bits per heavy atom. The highest BCUT2D eigenvalue weighted by molar-refractivity contribution is 5.89. The van der Waals surface area contributed by atoms with Crippen LogP contribution in [0.1, 0.15) is 53.9 Å². The standard InChI is InChI=1S/C31H43NO8/c1-8-14(3)26(36)39-21-19-16(5)10-29-12-18(34)31(38)28(6)13-32(7)24(20(19)29)30(31,11-17(33)25(28)35)23(29)22(21)40-27(37)15(4)9-2/h8-9,17-25,33-35,38H,5,10-13H2,1-4,6-7H3. The average molecular weight is 558 g/mol. The molecule has 5 saturated carbocycles. The van der Waals surface area contributed by atoms with Crippen molar-refractivity contribution < 1.29 is 39.5 Å². The fraction of sp³-hybridized carbons (Fsp3) is 0.742. The predicted molar refractivity (Wildman–Crippen MR) is 144 cm³/mol. The van der Waals surface area contributed by atoms with Crippen LogP contribution in [0.2, 0.25) is 0 Å². The van der Waals surface area contributed by atoms with Gasteiger partial charge >= 0.3 is 11.9 Å². The number of piperidine rings is 1. The molecule has 9 nitrogen and oxygen atoms in total. The first-order valence-electron chi connectivity index (χ1n) is 14.5. The summed E-state index contributed by atoms with van der Waals surface area (Å²) in [5, 5.41) is 47.5. The van der Waals surface area contributed by atoms with E-state index in [2.05, 4.69) is 11.5 Å². The molecule has 6 rings (SSSR count). The maximum Gasteiger partial charge on any atom is 0.333 e. The number of hydrogen-bond acceptors (Lipinski definition) is 9. The fourth-order valence-electron chi connectivity index (χ4n) is 11.0. The first-order chi connectivity index (χ1) is 18.7. The van der Waals surface area contributed by atoms with E-state index in [4.69, 9.17) is 9.47 Å². The minimum Gasteiger partial charge on any atom is -0.455 e. The first kappa shape index (κ1) is 28.1. The monoisotopic (exact) mass is 557 g/mol. The summed E-state index contributed by atoms with van der Waals surface area (Å²) in [5.41, 5.74) is -3.04. The third-order valence-electron chi connectivity index (χ3n) is 12.4. The number of aliphatic hydroxyl groups is 4. The number of esters is 2. The van der Waals surface area contributed by atoms with Crippen molar-refractivity contribution in [3.8, 4) is 0 Å². The van der Waals surface area contributed by atoms with Crippen molar-refractivity contribution in [2.75, 3.05) is 13.6 Å². The lowest BCUT2D eigenvalue weighted by atomic mass is 9.38. The molecule has 0 aromatic carbocycles. The molecule has 6 fully saturated rings. The maximum absolute atomic E-state index is 13.4. The Morgan fingerprint density at radius 1 is 1.02 bits per heavy atom. The quantitative estimate of drug-likeness (QED) is 0.230. The van der Waals surface area contributed by atoms with Crippen molar-refractivity contribution in [3.05, 3.63) is 35.5 Å². The lowest BCUT2D eigenvalue weighted by molar-refractivity contribution is -0.364. The third-order valence-corrected chi connectivity index (χ3v) is 12.4. The summed E-state index contributed by atoms with van der Waals surface area (Å²) in [6, 6.07) is -0.324. The van der Waals surface area contributed by atoms with Gasteiger partial charge in [-0.05, 0) is 65.3 Å². The summed E-state index contributed by atoms with van der Waals surface area (Å²) in [7, 11) is 1.96. The minimum atomic E-state index is -1.78. The first-order valence-corrected chi connectivity index (χ1v) is 14.5. The minimum absolute atomic E-state index is 0.0274. The van der Waals surface area contributed by atoms with E-state index in [1.807, 2.05) is 7.05 Å². The average Bonchev–Trinajstić information content (AvgIpc) is 3.18. The topological polar surface area (TPSA) is 137 Å². The summed E-state index contributed by atoms with van der Waals surface area (Å²) in [6.45, 7) is 13.3. The van der Waals surface area contributed by atoms with Crippen LogP contribution in [-0.2, 0) is 19.1 Å². The molecule has 13 atom stereocenters. The van der Waals surface area contributed by atoms with Crippen LogP contribution in [0.25, 0.3) is 0 Å². The summed E-state index contributed by atoms with van der Waals surface area (Å²) in [4.78, 5) is 28.8. The molecule has 220 valence electrons. The molecular formula is C31H43NO8. The molecule has 0 radical (unpaired) electrons. The number of carbonyl (C=O) groups is 2. The van der Waals surface area contributed by atoms with Crippen LogP contribution in [0, 0.1) is 34.0 Å². The SMILES string of the molecule is C=C1CC23CC(O)C4(O)C5(C)CN(C)C6C2C1C(OC(=O)C(C)=CC)C(OC(=O)C(C)=CC)C3C64CC(O)C5O. The van der Waals surface area contributed by atoms with Crippen LogP contribution in [0.3, 0.4) is 0 Å². The van der Waals surface area contributed by atoms with Crippen LogP contribution in [0.4, 0.5) is 0 Å². The highest BCUT2D eigenvalue weighted by atomic mass is 16.6. The van der Waals surface area contributed by atoms with Gasteiger partial charge in [-0.2, -0.15) is 0 Å². The summed E-state index contributed by atoms with van der Waals surface area (Å²) in [6.07, 6.45) is -1.23. The van der Waals surface area contributed by atoms with E-state index in [0.717, 1.165) is 5.57 Å². The van der Waals surface area contributed by atoms with Gasteiger partial charge in [0.2, 0.25) is 0 Å². The molecule has 9 heteroatoms. The molecule has 2 spiro atoms. The molecule has 6 bridgehead atoms. The van der Waals surface area contributed by atoms with E-state index in [1.165, 1.54) is 0 Å². The summed E-state index contributed by atoms with van der Waals surface area (Å²) in [5.74, 6) is -2.13. The van der Waals surface area contributed by atoms with Crippen molar-refractivity contribution in [2.45, 2.75) is 96.0 Å². The zero-order valence-electron chi connectivity index (χ0n) is 24.3. The highest BCUT2D eigenvalue weighted by Gasteiger charge is 2.91. The van der Waals surface area contributed by atoms with Gasteiger partial charge in [0, 0.05) is 46.4 Å². The fourth-order valence-corrected chi connectivity index (χ4v) is 11.0. The Bertz CT molecular complexity index is 1240. The molecule has 1 saturated heterocycles.